The van der Waals surface area contributed by atoms with Crippen LogP contribution in [0.1, 0.15) is 33.2 Å². The third-order valence-corrected chi connectivity index (χ3v) is 2.84. The number of esters is 1. The molecule has 1 heterocycles. The van der Waals surface area contributed by atoms with Crippen LogP contribution in [0.5, 0.6) is 0 Å². The van der Waals surface area contributed by atoms with E-state index in [1.54, 1.807) is 12.1 Å². The van der Waals surface area contributed by atoms with Crippen molar-refractivity contribution in [2.75, 3.05) is 7.11 Å². The van der Waals surface area contributed by atoms with Crippen LogP contribution >= 0.6 is 11.3 Å². The van der Waals surface area contributed by atoms with Crippen molar-refractivity contribution in [3.05, 3.63) is 21.9 Å². The Labute approximate surface area is 86.7 Å². The Balaban J connectivity index is 2.88. The lowest BCUT2D eigenvalue weighted by Gasteiger charge is -1.99. The fraction of sp³-hybridized carbons (Fsp3) is 0.400. The number of thiophene rings is 1. The van der Waals surface area contributed by atoms with Gasteiger partial charge in [0, 0.05) is 5.92 Å². The number of methoxy groups -OCH3 is 1. The Kier molecular flexibility index (Phi) is 3.41. The second-order valence-electron chi connectivity index (χ2n) is 3.17. The minimum atomic E-state index is -0.391. The van der Waals surface area contributed by atoms with Crippen LogP contribution in [-0.2, 0) is 4.74 Å². The molecular formula is C10H12O3S. The van der Waals surface area contributed by atoms with Gasteiger partial charge in [-0.05, 0) is 12.1 Å². The molecule has 0 saturated heterocycles. The van der Waals surface area contributed by atoms with Crippen LogP contribution in [-0.4, -0.2) is 18.9 Å². The van der Waals surface area contributed by atoms with Crippen molar-refractivity contribution < 1.29 is 14.3 Å². The highest BCUT2D eigenvalue weighted by molar-refractivity contribution is 7.15. The van der Waals surface area contributed by atoms with E-state index >= 15 is 0 Å². The molecule has 0 aliphatic carbocycles. The summed E-state index contributed by atoms with van der Waals surface area (Å²) in [7, 11) is 1.33. The molecular weight excluding hydrogens is 200 g/mol. The van der Waals surface area contributed by atoms with Crippen molar-refractivity contribution in [1.82, 2.24) is 0 Å². The summed E-state index contributed by atoms with van der Waals surface area (Å²) in [6.45, 7) is 3.67. The molecule has 14 heavy (non-hydrogen) atoms. The topological polar surface area (TPSA) is 43.4 Å². The molecule has 1 aromatic rings. The SMILES string of the molecule is COC(=O)c1ccc(C(=O)C(C)C)s1. The van der Waals surface area contributed by atoms with E-state index in [0.717, 1.165) is 0 Å². The molecule has 0 aliphatic rings. The van der Waals surface area contributed by atoms with E-state index in [1.165, 1.54) is 18.4 Å². The number of hydrogen-bond donors (Lipinski definition) is 0. The quantitative estimate of drug-likeness (QED) is 0.570. The predicted molar refractivity (Wildman–Crippen MR) is 54.8 cm³/mol. The van der Waals surface area contributed by atoms with Crippen molar-refractivity contribution in [3.8, 4) is 0 Å². The predicted octanol–water partition coefficient (Wildman–Crippen LogP) is 2.37. The van der Waals surface area contributed by atoms with Gasteiger partial charge < -0.3 is 4.74 Å². The van der Waals surface area contributed by atoms with Gasteiger partial charge in [-0.1, -0.05) is 13.8 Å². The molecule has 1 aromatic heterocycles. The molecule has 0 N–H and O–H groups in total. The van der Waals surface area contributed by atoms with Gasteiger partial charge in [-0.3, -0.25) is 4.79 Å². The van der Waals surface area contributed by atoms with E-state index in [2.05, 4.69) is 4.74 Å². The Morgan fingerprint density at radius 2 is 1.86 bits per heavy atom. The van der Waals surface area contributed by atoms with Gasteiger partial charge in [-0.2, -0.15) is 0 Å². The van der Waals surface area contributed by atoms with Crippen LogP contribution in [0.25, 0.3) is 0 Å². The van der Waals surface area contributed by atoms with E-state index in [-0.39, 0.29) is 11.7 Å². The number of Topliss-reactive ketones (excluding diaryl/α,β-unsaturated/α-hetero) is 1. The molecule has 0 unspecified atom stereocenters. The van der Waals surface area contributed by atoms with Crippen molar-refractivity contribution in [2.45, 2.75) is 13.8 Å². The maximum Gasteiger partial charge on any atom is 0.348 e. The van der Waals surface area contributed by atoms with Crippen molar-refractivity contribution in [2.24, 2.45) is 5.92 Å². The Hall–Kier alpha value is -1.16. The van der Waals surface area contributed by atoms with E-state index < -0.39 is 5.97 Å². The maximum atomic E-state index is 11.5. The summed E-state index contributed by atoms with van der Waals surface area (Å²) >= 11 is 1.18. The molecule has 0 spiro atoms. The molecule has 76 valence electrons. The minimum Gasteiger partial charge on any atom is -0.465 e. The van der Waals surface area contributed by atoms with E-state index in [9.17, 15) is 9.59 Å². The highest BCUT2D eigenvalue weighted by Crippen LogP contribution is 2.20. The number of hydrogen-bond acceptors (Lipinski definition) is 4. The highest BCUT2D eigenvalue weighted by Gasteiger charge is 2.15. The summed E-state index contributed by atoms with van der Waals surface area (Å²) in [6, 6.07) is 3.28. The van der Waals surface area contributed by atoms with Gasteiger partial charge in [0.15, 0.2) is 5.78 Å². The molecule has 0 radical (unpaired) electrons. The molecule has 0 amide bonds. The Bertz CT molecular complexity index is 352. The molecule has 0 bridgehead atoms. The summed E-state index contributed by atoms with van der Waals surface area (Å²) in [5.41, 5.74) is 0. The van der Waals surface area contributed by atoms with Crippen LogP contribution < -0.4 is 0 Å². The molecule has 0 atom stereocenters. The number of carbonyl (C=O) groups excluding carboxylic acids is 2. The fourth-order valence-electron chi connectivity index (χ4n) is 0.965. The van der Waals surface area contributed by atoms with Gasteiger partial charge >= 0.3 is 5.97 Å². The highest BCUT2D eigenvalue weighted by atomic mass is 32.1. The van der Waals surface area contributed by atoms with Gasteiger partial charge in [0.2, 0.25) is 0 Å². The molecule has 3 nitrogen and oxygen atoms in total. The lowest BCUT2D eigenvalue weighted by Crippen LogP contribution is -2.04. The van der Waals surface area contributed by atoms with Crippen LogP contribution in [0.3, 0.4) is 0 Å². The van der Waals surface area contributed by atoms with Gasteiger partial charge in [0.25, 0.3) is 0 Å². The van der Waals surface area contributed by atoms with Crippen molar-refractivity contribution in [1.29, 1.82) is 0 Å². The molecule has 0 saturated carbocycles. The summed E-state index contributed by atoms with van der Waals surface area (Å²) < 4.78 is 4.55. The minimum absolute atomic E-state index is 0.0425. The fourth-order valence-corrected chi connectivity index (χ4v) is 1.98. The first-order valence-electron chi connectivity index (χ1n) is 4.28. The average Bonchev–Trinajstić information content (AvgIpc) is 2.64. The van der Waals surface area contributed by atoms with E-state index in [1.807, 2.05) is 13.8 Å². The molecule has 0 aliphatic heterocycles. The largest absolute Gasteiger partial charge is 0.465 e. The van der Waals surface area contributed by atoms with E-state index in [0.29, 0.717) is 9.75 Å². The second kappa shape index (κ2) is 4.37. The van der Waals surface area contributed by atoms with Crippen molar-refractivity contribution >= 4 is 23.1 Å². The zero-order chi connectivity index (χ0) is 10.7. The lowest BCUT2D eigenvalue weighted by atomic mass is 10.1. The van der Waals surface area contributed by atoms with Gasteiger partial charge in [-0.15, -0.1) is 11.3 Å². The average molecular weight is 212 g/mol. The molecule has 0 aromatic carbocycles. The maximum absolute atomic E-state index is 11.5. The summed E-state index contributed by atoms with van der Waals surface area (Å²) in [5.74, 6) is -0.373. The first-order valence-corrected chi connectivity index (χ1v) is 5.10. The smallest absolute Gasteiger partial charge is 0.348 e. The van der Waals surface area contributed by atoms with Crippen LogP contribution in [0.4, 0.5) is 0 Å². The summed E-state index contributed by atoms with van der Waals surface area (Å²) in [6.07, 6.45) is 0. The second-order valence-corrected chi connectivity index (χ2v) is 4.26. The standard InChI is InChI=1S/C10H12O3S/c1-6(2)9(11)7-4-5-8(14-7)10(12)13-3/h4-6H,1-3H3. The molecule has 1 rings (SSSR count). The number of rotatable bonds is 3. The van der Waals surface area contributed by atoms with Crippen LogP contribution in [0.15, 0.2) is 12.1 Å². The van der Waals surface area contributed by atoms with Crippen LogP contribution in [0, 0.1) is 5.92 Å². The third kappa shape index (κ3) is 2.20. The van der Waals surface area contributed by atoms with Gasteiger partial charge in [0.1, 0.15) is 4.88 Å². The molecule has 0 fully saturated rings. The Morgan fingerprint density at radius 1 is 1.29 bits per heavy atom. The van der Waals surface area contributed by atoms with E-state index in [4.69, 9.17) is 0 Å². The zero-order valence-electron chi connectivity index (χ0n) is 8.37. The summed E-state index contributed by atoms with van der Waals surface area (Å²) in [4.78, 5) is 23.7. The number of ketones is 1. The number of ether oxygens (including phenoxy) is 1. The normalized spacial score (nSPS) is 10.3. The summed E-state index contributed by atoms with van der Waals surface area (Å²) in [5, 5.41) is 0. The molecule has 4 heteroatoms. The van der Waals surface area contributed by atoms with Gasteiger partial charge in [-0.25, -0.2) is 4.79 Å². The van der Waals surface area contributed by atoms with Crippen LogP contribution in [0.2, 0.25) is 0 Å². The Morgan fingerprint density at radius 3 is 2.36 bits per heavy atom. The monoisotopic (exact) mass is 212 g/mol. The third-order valence-electron chi connectivity index (χ3n) is 1.76. The first-order chi connectivity index (χ1) is 6.56. The van der Waals surface area contributed by atoms with Crippen molar-refractivity contribution in [3.63, 3.8) is 0 Å². The van der Waals surface area contributed by atoms with Gasteiger partial charge in [0.05, 0.1) is 12.0 Å². The zero-order valence-corrected chi connectivity index (χ0v) is 9.18. The number of carbonyl (C=O) groups is 2. The lowest BCUT2D eigenvalue weighted by molar-refractivity contribution is 0.0606. The first kappa shape index (κ1) is 10.9.